The molecule has 0 aliphatic heterocycles. The van der Waals surface area contributed by atoms with Crippen molar-refractivity contribution in [3.8, 4) is 5.75 Å². The molecular formula is C17H21NO5S. The van der Waals surface area contributed by atoms with Gasteiger partial charge in [-0.25, -0.2) is 8.42 Å². The molecule has 0 aliphatic rings. The highest BCUT2D eigenvalue weighted by molar-refractivity contribution is 7.90. The van der Waals surface area contributed by atoms with Crippen molar-refractivity contribution in [2.75, 3.05) is 7.11 Å². The van der Waals surface area contributed by atoms with Crippen molar-refractivity contribution in [3.63, 3.8) is 0 Å². The van der Waals surface area contributed by atoms with Crippen LogP contribution in [0, 0.1) is 0 Å². The van der Waals surface area contributed by atoms with Gasteiger partial charge in [-0.15, -0.1) is 0 Å². The normalized spacial score (nSPS) is 12.6. The number of methoxy groups -OCH3 is 1. The Hall–Kier alpha value is -2.28. The third-order valence-corrected chi connectivity index (χ3v) is 5.28. The molecule has 1 amide bonds. The van der Waals surface area contributed by atoms with Crippen molar-refractivity contribution in [1.29, 1.82) is 0 Å². The largest absolute Gasteiger partial charge is 0.497 e. The Kier molecular flexibility index (Phi) is 5.66. The molecule has 0 fully saturated rings. The van der Waals surface area contributed by atoms with E-state index >= 15 is 0 Å². The highest BCUT2D eigenvalue weighted by Gasteiger charge is 2.20. The molecule has 130 valence electrons. The van der Waals surface area contributed by atoms with Gasteiger partial charge < -0.3 is 14.5 Å². The zero-order chi connectivity index (χ0) is 17.7. The third-order valence-electron chi connectivity index (χ3n) is 3.63. The van der Waals surface area contributed by atoms with E-state index in [-0.39, 0.29) is 34.1 Å². The summed E-state index contributed by atoms with van der Waals surface area (Å²) in [5.74, 6) is 0.249. The predicted molar refractivity (Wildman–Crippen MR) is 89.8 cm³/mol. The van der Waals surface area contributed by atoms with E-state index in [1.165, 1.54) is 31.4 Å². The number of rotatable bonds is 7. The standard InChI is InChI=1S/C17H21NO5S/c1-4-12(2)18-17(19)16-10-7-14(23-16)11-24(20,21)15-8-5-13(22-3)6-9-15/h5-10,12H,4,11H2,1-3H3,(H,18,19)/t12-/m1/s1. The molecule has 6 nitrogen and oxygen atoms in total. The summed E-state index contributed by atoms with van der Waals surface area (Å²) in [5.41, 5.74) is 0. The Morgan fingerprint density at radius 3 is 2.46 bits per heavy atom. The van der Waals surface area contributed by atoms with Crippen LogP contribution in [0.4, 0.5) is 0 Å². The minimum absolute atomic E-state index is 0.0223. The van der Waals surface area contributed by atoms with Crippen LogP contribution in [-0.2, 0) is 15.6 Å². The van der Waals surface area contributed by atoms with Crippen LogP contribution >= 0.6 is 0 Å². The van der Waals surface area contributed by atoms with Gasteiger partial charge in [0.25, 0.3) is 5.91 Å². The predicted octanol–water partition coefficient (Wildman–Crippen LogP) is 2.79. The molecule has 1 N–H and O–H groups in total. The molecular weight excluding hydrogens is 330 g/mol. The van der Waals surface area contributed by atoms with Gasteiger partial charge in [-0.1, -0.05) is 6.92 Å². The Bertz CT molecular complexity index is 793. The van der Waals surface area contributed by atoms with Gasteiger partial charge in [-0.05, 0) is 49.7 Å². The summed E-state index contributed by atoms with van der Waals surface area (Å²) in [6.07, 6.45) is 0.797. The molecule has 24 heavy (non-hydrogen) atoms. The first kappa shape index (κ1) is 18.1. The first-order valence-corrected chi connectivity index (χ1v) is 9.27. The summed E-state index contributed by atoms with van der Waals surface area (Å²) in [4.78, 5) is 12.1. The summed E-state index contributed by atoms with van der Waals surface area (Å²) >= 11 is 0. The van der Waals surface area contributed by atoms with E-state index in [9.17, 15) is 13.2 Å². The molecule has 0 saturated heterocycles. The summed E-state index contributed by atoms with van der Waals surface area (Å²) in [6, 6.07) is 9.14. The van der Waals surface area contributed by atoms with E-state index in [1.54, 1.807) is 12.1 Å². The lowest BCUT2D eigenvalue weighted by Crippen LogP contribution is -2.31. The van der Waals surface area contributed by atoms with Gasteiger partial charge in [0.2, 0.25) is 0 Å². The molecule has 0 spiro atoms. The van der Waals surface area contributed by atoms with Crippen molar-refractivity contribution in [2.45, 2.75) is 37.0 Å². The smallest absolute Gasteiger partial charge is 0.287 e. The summed E-state index contributed by atoms with van der Waals surface area (Å²) in [5, 5.41) is 2.77. The Balaban J connectivity index is 2.11. The second-order valence-electron chi connectivity index (χ2n) is 5.48. The van der Waals surface area contributed by atoms with Gasteiger partial charge in [-0.3, -0.25) is 4.79 Å². The number of ether oxygens (including phenoxy) is 1. The molecule has 0 aliphatic carbocycles. The third kappa shape index (κ3) is 4.38. The lowest BCUT2D eigenvalue weighted by atomic mass is 10.2. The average molecular weight is 351 g/mol. The lowest BCUT2D eigenvalue weighted by Gasteiger charge is -2.09. The minimum atomic E-state index is -3.56. The molecule has 1 atom stereocenters. The summed E-state index contributed by atoms with van der Waals surface area (Å²) < 4.78 is 35.2. The van der Waals surface area contributed by atoms with E-state index in [4.69, 9.17) is 9.15 Å². The maximum absolute atomic E-state index is 12.4. The summed E-state index contributed by atoms with van der Waals surface area (Å²) in [7, 11) is -2.05. The number of carbonyl (C=O) groups excluding carboxylic acids is 1. The number of nitrogens with one attached hydrogen (secondary N) is 1. The van der Waals surface area contributed by atoms with Gasteiger partial charge in [0, 0.05) is 6.04 Å². The van der Waals surface area contributed by atoms with E-state index in [0.29, 0.717) is 5.75 Å². The zero-order valence-corrected chi connectivity index (χ0v) is 14.7. The van der Waals surface area contributed by atoms with E-state index in [2.05, 4.69) is 5.32 Å². The maximum Gasteiger partial charge on any atom is 0.287 e. The molecule has 0 saturated carbocycles. The van der Waals surface area contributed by atoms with Gasteiger partial charge in [0.1, 0.15) is 17.3 Å². The number of sulfone groups is 1. The number of hydrogen-bond acceptors (Lipinski definition) is 5. The minimum Gasteiger partial charge on any atom is -0.497 e. The van der Waals surface area contributed by atoms with Crippen molar-refractivity contribution in [3.05, 3.63) is 47.9 Å². The fourth-order valence-electron chi connectivity index (χ4n) is 2.03. The zero-order valence-electron chi connectivity index (χ0n) is 13.9. The maximum atomic E-state index is 12.4. The SMILES string of the molecule is CC[C@@H](C)NC(=O)c1ccc(CS(=O)(=O)c2ccc(OC)cc2)o1. The molecule has 0 radical (unpaired) electrons. The highest BCUT2D eigenvalue weighted by Crippen LogP contribution is 2.21. The second-order valence-corrected chi connectivity index (χ2v) is 7.47. The lowest BCUT2D eigenvalue weighted by molar-refractivity contribution is 0.0909. The highest BCUT2D eigenvalue weighted by atomic mass is 32.2. The molecule has 2 aromatic rings. The van der Waals surface area contributed by atoms with Crippen LogP contribution < -0.4 is 10.1 Å². The number of benzene rings is 1. The fourth-order valence-corrected chi connectivity index (χ4v) is 3.28. The quantitative estimate of drug-likeness (QED) is 0.829. The van der Waals surface area contributed by atoms with Crippen LogP contribution in [0.25, 0.3) is 0 Å². The van der Waals surface area contributed by atoms with Crippen molar-refractivity contribution < 1.29 is 22.4 Å². The monoisotopic (exact) mass is 351 g/mol. The number of carbonyl (C=O) groups is 1. The van der Waals surface area contributed by atoms with Crippen molar-refractivity contribution in [1.82, 2.24) is 5.32 Å². The first-order chi connectivity index (χ1) is 11.4. The van der Waals surface area contributed by atoms with Crippen LogP contribution in [0.1, 0.15) is 36.6 Å². The molecule has 1 aromatic carbocycles. The van der Waals surface area contributed by atoms with Crippen LogP contribution in [0.2, 0.25) is 0 Å². The summed E-state index contributed by atoms with van der Waals surface area (Å²) in [6.45, 7) is 3.84. The van der Waals surface area contributed by atoms with Gasteiger partial charge in [0.15, 0.2) is 15.6 Å². The molecule has 0 bridgehead atoms. The number of amides is 1. The fraction of sp³-hybridized carbons (Fsp3) is 0.353. The molecule has 1 aromatic heterocycles. The molecule has 0 unspecified atom stereocenters. The topological polar surface area (TPSA) is 85.6 Å². The van der Waals surface area contributed by atoms with Gasteiger partial charge >= 0.3 is 0 Å². The molecule has 2 rings (SSSR count). The van der Waals surface area contributed by atoms with Crippen LogP contribution in [0.3, 0.4) is 0 Å². The van der Waals surface area contributed by atoms with E-state index in [1.807, 2.05) is 13.8 Å². The van der Waals surface area contributed by atoms with E-state index < -0.39 is 9.84 Å². The Morgan fingerprint density at radius 2 is 1.88 bits per heavy atom. The molecule has 1 heterocycles. The van der Waals surface area contributed by atoms with Crippen molar-refractivity contribution in [2.24, 2.45) is 0 Å². The first-order valence-electron chi connectivity index (χ1n) is 7.62. The Morgan fingerprint density at radius 1 is 1.21 bits per heavy atom. The van der Waals surface area contributed by atoms with Crippen LogP contribution in [0.5, 0.6) is 5.75 Å². The van der Waals surface area contributed by atoms with Gasteiger partial charge in [0.05, 0.1) is 12.0 Å². The second kappa shape index (κ2) is 7.53. The van der Waals surface area contributed by atoms with Gasteiger partial charge in [-0.2, -0.15) is 0 Å². The van der Waals surface area contributed by atoms with Crippen LogP contribution in [-0.4, -0.2) is 27.5 Å². The molecule has 7 heteroatoms. The van der Waals surface area contributed by atoms with Crippen LogP contribution in [0.15, 0.2) is 45.7 Å². The number of furan rings is 1. The average Bonchev–Trinajstić information content (AvgIpc) is 3.02. The van der Waals surface area contributed by atoms with Crippen molar-refractivity contribution >= 4 is 15.7 Å². The number of hydrogen-bond donors (Lipinski definition) is 1. The Labute approximate surface area is 141 Å². The van der Waals surface area contributed by atoms with E-state index in [0.717, 1.165) is 6.42 Å².